The lowest BCUT2D eigenvalue weighted by Gasteiger charge is -2.09. The van der Waals surface area contributed by atoms with E-state index < -0.39 is 0 Å². The van der Waals surface area contributed by atoms with Crippen LogP contribution in [0.3, 0.4) is 0 Å². The quantitative estimate of drug-likeness (QED) is 0.766. The van der Waals surface area contributed by atoms with Crippen molar-refractivity contribution in [3.8, 4) is 0 Å². The number of rotatable bonds is 4. The minimum absolute atomic E-state index is 0.0546. The van der Waals surface area contributed by atoms with Crippen LogP contribution in [0.2, 0.25) is 0 Å². The summed E-state index contributed by atoms with van der Waals surface area (Å²) in [5, 5.41) is 3.82. The molecule has 0 saturated heterocycles. The summed E-state index contributed by atoms with van der Waals surface area (Å²) in [5.74, 6) is 0.0634. The number of benzene rings is 1. The number of carbonyl (C=O) groups is 1. The van der Waals surface area contributed by atoms with Crippen LogP contribution >= 0.6 is 0 Å². The number of nitrogens with one attached hydrogen (secondary N) is 2. The van der Waals surface area contributed by atoms with E-state index in [1.165, 1.54) is 0 Å². The van der Waals surface area contributed by atoms with Gasteiger partial charge < -0.3 is 10.3 Å². The van der Waals surface area contributed by atoms with E-state index in [1.807, 2.05) is 51.1 Å². The zero-order chi connectivity index (χ0) is 18.0. The summed E-state index contributed by atoms with van der Waals surface area (Å²) in [6.45, 7) is 5.86. The van der Waals surface area contributed by atoms with Crippen LogP contribution in [-0.4, -0.2) is 15.9 Å². The van der Waals surface area contributed by atoms with Crippen LogP contribution < -0.4 is 10.9 Å². The van der Waals surface area contributed by atoms with Crippen LogP contribution in [0.25, 0.3) is 10.9 Å². The molecule has 3 aromatic rings. The van der Waals surface area contributed by atoms with Crippen LogP contribution in [0.5, 0.6) is 0 Å². The largest absolute Gasteiger partial charge is 0.326 e. The molecule has 5 heteroatoms. The fourth-order valence-corrected chi connectivity index (χ4v) is 2.83. The van der Waals surface area contributed by atoms with Gasteiger partial charge in [-0.25, -0.2) is 0 Å². The number of pyridine rings is 2. The molecule has 0 spiro atoms. The van der Waals surface area contributed by atoms with Gasteiger partial charge in [-0.1, -0.05) is 19.9 Å². The Bertz CT molecular complexity index is 990. The molecule has 2 N–H and O–H groups in total. The predicted molar refractivity (Wildman–Crippen MR) is 100.0 cm³/mol. The van der Waals surface area contributed by atoms with Gasteiger partial charge in [0.1, 0.15) is 0 Å². The first kappa shape index (κ1) is 16.9. The SMILES string of the molecule is Cc1cc(NC(=O)Cc2ccc3[nH]c(=O)c(C(C)C)cc3c2)ccn1. The van der Waals surface area contributed by atoms with Crippen LogP contribution in [-0.2, 0) is 11.2 Å². The fraction of sp³-hybridized carbons (Fsp3) is 0.250. The Morgan fingerprint density at radius 3 is 2.72 bits per heavy atom. The number of aryl methyl sites for hydroxylation is 1. The molecule has 0 atom stereocenters. The van der Waals surface area contributed by atoms with Crippen molar-refractivity contribution in [1.29, 1.82) is 0 Å². The molecule has 0 bridgehead atoms. The Hall–Kier alpha value is -2.95. The van der Waals surface area contributed by atoms with Gasteiger partial charge in [0.2, 0.25) is 5.91 Å². The molecule has 0 unspecified atom stereocenters. The van der Waals surface area contributed by atoms with Crippen molar-refractivity contribution in [3.63, 3.8) is 0 Å². The van der Waals surface area contributed by atoms with Gasteiger partial charge in [-0.05, 0) is 54.1 Å². The summed E-state index contributed by atoms with van der Waals surface area (Å²) in [6, 6.07) is 11.2. The first-order valence-corrected chi connectivity index (χ1v) is 8.31. The third-order valence-corrected chi connectivity index (χ3v) is 4.10. The predicted octanol–water partition coefficient (Wildman–Crippen LogP) is 3.54. The zero-order valence-corrected chi connectivity index (χ0v) is 14.6. The number of amides is 1. The van der Waals surface area contributed by atoms with Crippen LogP contribution in [0.4, 0.5) is 5.69 Å². The van der Waals surface area contributed by atoms with E-state index in [1.54, 1.807) is 12.3 Å². The summed E-state index contributed by atoms with van der Waals surface area (Å²) in [4.78, 5) is 31.3. The number of carbonyl (C=O) groups excluding carboxylic acids is 1. The Morgan fingerprint density at radius 2 is 2.00 bits per heavy atom. The normalized spacial score (nSPS) is 11.0. The van der Waals surface area contributed by atoms with Crippen LogP contribution in [0.1, 0.15) is 36.6 Å². The highest BCUT2D eigenvalue weighted by Gasteiger charge is 2.09. The number of aromatic amines is 1. The van der Waals surface area contributed by atoms with Gasteiger partial charge in [-0.15, -0.1) is 0 Å². The van der Waals surface area contributed by atoms with E-state index in [4.69, 9.17) is 0 Å². The average Bonchev–Trinajstić information content (AvgIpc) is 2.54. The van der Waals surface area contributed by atoms with Crippen molar-refractivity contribution in [1.82, 2.24) is 9.97 Å². The smallest absolute Gasteiger partial charge is 0.251 e. The van der Waals surface area contributed by atoms with Gasteiger partial charge in [0.15, 0.2) is 0 Å². The molecule has 1 amide bonds. The first-order chi connectivity index (χ1) is 11.9. The molecular weight excluding hydrogens is 314 g/mol. The van der Waals surface area contributed by atoms with Gasteiger partial charge >= 0.3 is 0 Å². The van der Waals surface area contributed by atoms with Crippen molar-refractivity contribution in [2.45, 2.75) is 33.1 Å². The summed E-state index contributed by atoms with van der Waals surface area (Å²) in [6.07, 6.45) is 1.94. The van der Waals surface area contributed by atoms with Crippen molar-refractivity contribution < 1.29 is 4.79 Å². The maximum Gasteiger partial charge on any atom is 0.251 e. The number of anilines is 1. The van der Waals surface area contributed by atoms with Crippen molar-refractivity contribution in [3.05, 3.63) is 69.8 Å². The summed E-state index contributed by atoms with van der Waals surface area (Å²) in [7, 11) is 0. The molecule has 5 nitrogen and oxygen atoms in total. The Balaban J connectivity index is 1.82. The van der Waals surface area contributed by atoms with Crippen LogP contribution in [0, 0.1) is 6.92 Å². The topological polar surface area (TPSA) is 74.8 Å². The molecule has 128 valence electrons. The third kappa shape index (κ3) is 3.94. The van der Waals surface area contributed by atoms with Gasteiger partial charge in [0.25, 0.3) is 5.56 Å². The van der Waals surface area contributed by atoms with E-state index in [2.05, 4.69) is 15.3 Å². The molecule has 2 heterocycles. The summed E-state index contributed by atoms with van der Waals surface area (Å²) >= 11 is 0. The highest BCUT2D eigenvalue weighted by atomic mass is 16.1. The molecule has 0 aliphatic carbocycles. The van der Waals surface area contributed by atoms with Gasteiger partial charge in [0, 0.05) is 28.7 Å². The Kier molecular flexibility index (Phi) is 4.65. The molecule has 0 fully saturated rings. The third-order valence-electron chi connectivity index (χ3n) is 4.10. The van der Waals surface area contributed by atoms with Crippen molar-refractivity contribution in [2.24, 2.45) is 0 Å². The molecular formula is C20H21N3O2. The van der Waals surface area contributed by atoms with Gasteiger partial charge in [0.05, 0.1) is 6.42 Å². The average molecular weight is 335 g/mol. The number of nitrogens with zero attached hydrogens (tertiary/aromatic N) is 1. The lowest BCUT2D eigenvalue weighted by atomic mass is 10.0. The lowest BCUT2D eigenvalue weighted by molar-refractivity contribution is -0.115. The fourth-order valence-electron chi connectivity index (χ4n) is 2.83. The maximum atomic E-state index is 12.3. The Labute approximate surface area is 146 Å². The number of H-pyrrole nitrogens is 1. The first-order valence-electron chi connectivity index (χ1n) is 8.31. The number of hydrogen-bond acceptors (Lipinski definition) is 3. The minimum atomic E-state index is -0.0848. The molecule has 0 aliphatic heterocycles. The van der Waals surface area contributed by atoms with E-state index in [0.717, 1.165) is 33.4 Å². The molecule has 0 aliphatic rings. The number of hydrogen-bond donors (Lipinski definition) is 2. The molecule has 0 saturated carbocycles. The van der Waals surface area contributed by atoms with E-state index in [0.29, 0.717) is 0 Å². The Morgan fingerprint density at radius 1 is 1.20 bits per heavy atom. The molecule has 3 rings (SSSR count). The van der Waals surface area contributed by atoms with E-state index in [9.17, 15) is 9.59 Å². The second kappa shape index (κ2) is 6.89. The second-order valence-corrected chi connectivity index (χ2v) is 6.54. The van der Waals surface area contributed by atoms with Gasteiger partial charge in [-0.2, -0.15) is 0 Å². The highest BCUT2D eigenvalue weighted by Crippen LogP contribution is 2.18. The van der Waals surface area contributed by atoms with Crippen molar-refractivity contribution in [2.75, 3.05) is 5.32 Å². The van der Waals surface area contributed by atoms with Gasteiger partial charge in [-0.3, -0.25) is 14.6 Å². The molecule has 1 aromatic carbocycles. The molecule has 0 radical (unpaired) electrons. The number of aromatic nitrogens is 2. The standard InChI is InChI=1S/C20H21N3O2/c1-12(2)17-11-15-9-14(4-5-18(15)23-20(17)25)10-19(24)22-16-6-7-21-13(3)8-16/h4-9,11-12H,10H2,1-3H3,(H,23,25)(H,21,22,24). The van der Waals surface area contributed by atoms with E-state index in [-0.39, 0.29) is 23.8 Å². The highest BCUT2D eigenvalue weighted by molar-refractivity contribution is 5.93. The van der Waals surface area contributed by atoms with Crippen LogP contribution in [0.15, 0.2) is 47.4 Å². The summed E-state index contributed by atoms with van der Waals surface area (Å²) < 4.78 is 0. The summed E-state index contributed by atoms with van der Waals surface area (Å²) in [5.41, 5.74) is 3.97. The van der Waals surface area contributed by atoms with Crippen molar-refractivity contribution >= 4 is 22.5 Å². The maximum absolute atomic E-state index is 12.3. The van der Waals surface area contributed by atoms with E-state index >= 15 is 0 Å². The molecule has 2 aromatic heterocycles. The lowest BCUT2D eigenvalue weighted by Crippen LogP contribution is -2.15. The number of fused-ring (bicyclic) bond motifs is 1. The monoisotopic (exact) mass is 335 g/mol. The molecule has 25 heavy (non-hydrogen) atoms. The second-order valence-electron chi connectivity index (χ2n) is 6.54. The zero-order valence-electron chi connectivity index (χ0n) is 14.6. The minimum Gasteiger partial charge on any atom is -0.326 e.